The molecule has 1 aromatic carbocycles. The maximum absolute atomic E-state index is 13.0. The zero-order valence-electron chi connectivity index (χ0n) is 14.9. The first-order chi connectivity index (χ1) is 13.6. The number of pyridine rings is 2. The predicted molar refractivity (Wildman–Crippen MR) is 105 cm³/mol. The Kier molecular flexibility index (Phi) is 4.54. The van der Waals surface area contributed by atoms with Crippen molar-refractivity contribution in [2.75, 3.05) is 5.75 Å². The van der Waals surface area contributed by atoms with Crippen molar-refractivity contribution in [3.05, 3.63) is 53.2 Å². The lowest BCUT2D eigenvalue weighted by molar-refractivity contribution is -0.137. The first kappa shape index (κ1) is 19.7. The Morgan fingerprint density at radius 1 is 1.10 bits per heavy atom. The molecular weight excluding hydrogens is 427 g/mol. The number of aromatic nitrogens is 3. The van der Waals surface area contributed by atoms with E-state index in [1.54, 1.807) is 18.2 Å². The van der Waals surface area contributed by atoms with Crippen molar-refractivity contribution < 1.29 is 21.6 Å². The normalized spacial score (nSPS) is 12.7. The first-order valence-corrected chi connectivity index (χ1v) is 10.5. The SMILES string of the molecule is CCS(=O)(=O)c1cc2cc(Cl)ccc2nc1-c1cc2ncc(C(F)(F)F)cc2[nH]1. The Morgan fingerprint density at radius 3 is 2.55 bits per heavy atom. The van der Waals surface area contributed by atoms with Crippen LogP contribution < -0.4 is 0 Å². The van der Waals surface area contributed by atoms with Gasteiger partial charge in [-0.2, -0.15) is 13.2 Å². The van der Waals surface area contributed by atoms with Crippen LogP contribution in [0.25, 0.3) is 33.3 Å². The summed E-state index contributed by atoms with van der Waals surface area (Å²) in [6.07, 6.45) is -3.80. The van der Waals surface area contributed by atoms with Gasteiger partial charge in [-0.3, -0.25) is 4.98 Å². The fourth-order valence-corrected chi connectivity index (χ4v) is 4.25. The fraction of sp³-hybridized carbons (Fsp3) is 0.158. The molecule has 0 radical (unpaired) electrons. The molecule has 4 rings (SSSR count). The molecule has 0 fully saturated rings. The van der Waals surface area contributed by atoms with Gasteiger partial charge in [-0.15, -0.1) is 0 Å². The van der Waals surface area contributed by atoms with Crippen molar-refractivity contribution in [2.24, 2.45) is 0 Å². The molecule has 0 aliphatic rings. The van der Waals surface area contributed by atoms with E-state index in [0.717, 1.165) is 12.3 Å². The lowest BCUT2D eigenvalue weighted by Gasteiger charge is -2.10. The van der Waals surface area contributed by atoms with E-state index >= 15 is 0 Å². The van der Waals surface area contributed by atoms with E-state index in [-0.39, 0.29) is 33.1 Å². The highest BCUT2D eigenvalue weighted by Crippen LogP contribution is 2.34. The van der Waals surface area contributed by atoms with Crippen molar-refractivity contribution in [2.45, 2.75) is 18.0 Å². The lowest BCUT2D eigenvalue weighted by Crippen LogP contribution is -2.07. The zero-order valence-corrected chi connectivity index (χ0v) is 16.5. The zero-order chi connectivity index (χ0) is 21.0. The van der Waals surface area contributed by atoms with Gasteiger partial charge in [0.05, 0.1) is 38.5 Å². The van der Waals surface area contributed by atoms with Crippen LogP contribution in [0, 0.1) is 0 Å². The third-order valence-electron chi connectivity index (χ3n) is 4.51. The van der Waals surface area contributed by atoms with Crippen LogP contribution in [0.5, 0.6) is 0 Å². The summed E-state index contributed by atoms with van der Waals surface area (Å²) in [5.74, 6) is -0.162. The molecule has 29 heavy (non-hydrogen) atoms. The third-order valence-corrected chi connectivity index (χ3v) is 6.48. The van der Waals surface area contributed by atoms with Crippen molar-refractivity contribution in [1.29, 1.82) is 0 Å². The van der Waals surface area contributed by atoms with E-state index in [4.69, 9.17) is 11.6 Å². The highest BCUT2D eigenvalue weighted by Gasteiger charge is 2.31. The van der Waals surface area contributed by atoms with Gasteiger partial charge in [0.15, 0.2) is 9.84 Å². The average Bonchev–Trinajstić information content (AvgIpc) is 3.09. The fourth-order valence-electron chi connectivity index (χ4n) is 3.00. The van der Waals surface area contributed by atoms with E-state index in [1.807, 2.05) is 0 Å². The minimum atomic E-state index is -4.54. The van der Waals surface area contributed by atoms with Crippen LogP contribution in [-0.4, -0.2) is 29.1 Å². The van der Waals surface area contributed by atoms with Gasteiger partial charge in [0.2, 0.25) is 0 Å². The number of rotatable bonds is 3. The van der Waals surface area contributed by atoms with Crippen molar-refractivity contribution >= 4 is 43.4 Å². The Bertz CT molecular complexity index is 1360. The number of nitrogens with one attached hydrogen (secondary N) is 1. The molecule has 3 aromatic heterocycles. The van der Waals surface area contributed by atoms with Crippen LogP contribution in [0.2, 0.25) is 5.02 Å². The van der Waals surface area contributed by atoms with Crippen LogP contribution in [0.4, 0.5) is 13.2 Å². The summed E-state index contributed by atoms with van der Waals surface area (Å²) in [5, 5.41) is 0.975. The second kappa shape index (κ2) is 6.70. The number of H-pyrrole nitrogens is 1. The van der Waals surface area contributed by atoms with E-state index in [9.17, 15) is 21.6 Å². The molecular formula is C19H13ClF3N3O2S. The summed E-state index contributed by atoms with van der Waals surface area (Å²) in [6, 6.07) is 8.76. The molecule has 3 heterocycles. The monoisotopic (exact) mass is 439 g/mol. The number of benzene rings is 1. The molecule has 0 bridgehead atoms. The van der Waals surface area contributed by atoms with Crippen LogP contribution in [-0.2, 0) is 16.0 Å². The minimum absolute atomic E-state index is 0.0302. The standard InChI is InChI=1S/C19H13ClF3N3O2S/c1-2-29(27,28)17-6-10-5-12(20)3-4-13(10)26-18(17)16-8-14-15(25-16)7-11(9-24-14)19(21,22)23/h3-9,25H,2H2,1H3. The molecule has 0 aliphatic heterocycles. The van der Waals surface area contributed by atoms with Crippen LogP contribution in [0.15, 0.2) is 47.5 Å². The maximum atomic E-state index is 13.0. The number of aromatic amines is 1. The van der Waals surface area contributed by atoms with Crippen LogP contribution >= 0.6 is 11.6 Å². The molecule has 0 spiro atoms. The topological polar surface area (TPSA) is 75.7 Å². The van der Waals surface area contributed by atoms with Crippen molar-refractivity contribution in [1.82, 2.24) is 15.0 Å². The number of hydrogen-bond acceptors (Lipinski definition) is 4. The van der Waals surface area contributed by atoms with Gasteiger partial charge in [-0.1, -0.05) is 18.5 Å². The van der Waals surface area contributed by atoms with Crippen molar-refractivity contribution in [3.8, 4) is 11.4 Å². The number of hydrogen-bond donors (Lipinski definition) is 1. The number of nitrogens with zero attached hydrogens (tertiary/aromatic N) is 2. The third kappa shape index (κ3) is 3.56. The number of fused-ring (bicyclic) bond motifs is 2. The highest BCUT2D eigenvalue weighted by atomic mass is 35.5. The summed E-state index contributed by atoms with van der Waals surface area (Å²) in [4.78, 5) is 11.1. The maximum Gasteiger partial charge on any atom is 0.417 e. The van der Waals surface area contributed by atoms with Crippen LogP contribution in [0.3, 0.4) is 0 Å². The Morgan fingerprint density at radius 2 is 1.86 bits per heavy atom. The minimum Gasteiger partial charge on any atom is -0.352 e. The molecule has 0 unspecified atom stereocenters. The summed E-state index contributed by atoms with van der Waals surface area (Å²) < 4.78 is 64.2. The van der Waals surface area contributed by atoms with E-state index < -0.39 is 21.6 Å². The molecule has 0 atom stereocenters. The molecule has 0 amide bonds. The Labute approximate surface area is 168 Å². The van der Waals surface area contributed by atoms with Crippen molar-refractivity contribution in [3.63, 3.8) is 0 Å². The molecule has 10 heteroatoms. The van der Waals surface area contributed by atoms with Gasteiger partial charge in [0.25, 0.3) is 0 Å². The molecule has 0 aliphatic carbocycles. The number of sulfone groups is 1. The highest BCUT2D eigenvalue weighted by molar-refractivity contribution is 7.91. The van der Waals surface area contributed by atoms with Gasteiger partial charge in [0, 0.05) is 16.6 Å². The van der Waals surface area contributed by atoms with Gasteiger partial charge in [-0.05, 0) is 36.4 Å². The number of halogens is 4. The molecule has 0 saturated carbocycles. The Hall–Kier alpha value is -2.65. The Balaban J connectivity index is 1.99. The smallest absolute Gasteiger partial charge is 0.352 e. The first-order valence-electron chi connectivity index (χ1n) is 8.48. The second-order valence-corrected chi connectivity index (χ2v) is 9.10. The predicted octanol–water partition coefficient (Wildman–Crippen LogP) is 5.24. The number of alkyl halides is 3. The summed E-state index contributed by atoms with van der Waals surface area (Å²) >= 11 is 6.00. The van der Waals surface area contributed by atoms with E-state index in [1.165, 1.54) is 19.1 Å². The van der Waals surface area contributed by atoms with E-state index in [0.29, 0.717) is 15.9 Å². The summed E-state index contributed by atoms with van der Waals surface area (Å²) in [7, 11) is -3.68. The van der Waals surface area contributed by atoms with Gasteiger partial charge < -0.3 is 4.98 Å². The lowest BCUT2D eigenvalue weighted by atomic mass is 10.2. The summed E-state index contributed by atoms with van der Waals surface area (Å²) in [5.41, 5.74) is 0.380. The molecule has 0 saturated heterocycles. The molecule has 150 valence electrons. The van der Waals surface area contributed by atoms with Gasteiger partial charge >= 0.3 is 6.18 Å². The molecule has 5 nitrogen and oxygen atoms in total. The largest absolute Gasteiger partial charge is 0.417 e. The second-order valence-electron chi connectivity index (χ2n) is 6.41. The van der Waals surface area contributed by atoms with E-state index in [2.05, 4.69) is 15.0 Å². The summed E-state index contributed by atoms with van der Waals surface area (Å²) in [6.45, 7) is 1.50. The van der Waals surface area contributed by atoms with Crippen LogP contribution in [0.1, 0.15) is 12.5 Å². The average molecular weight is 440 g/mol. The molecule has 4 aromatic rings. The van der Waals surface area contributed by atoms with Gasteiger partial charge in [-0.25, -0.2) is 13.4 Å². The van der Waals surface area contributed by atoms with Gasteiger partial charge in [0.1, 0.15) is 5.69 Å². The molecule has 1 N–H and O–H groups in total. The quantitative estimate of drug-likeness (QED) is 0.473.